The Hall–Kier alpha value is -0.230. The van der Waals surface area contributed by atoms with Crippen LogP contribution in [-0.4, -0.2) is 11.5 Å². The summed E-state index contributed by atoms with van der Waals surface area (Å²) in [7, 11) is 0. The van der Waals surface area contributed by atoms with E-state index >= 15 is 0 Å². The predicted octanol–water partition coefficient (Wildman–Crippen LogP) is 4.42. The van der Waals surface area contributed by atoms with E-state index in [0.29, 0.717) is 12.0 Å². The van der Waals surface area contributed by atoms with Crippen molar-refractivity contribution in [3.63, 3.8) is 0 Å². The number of hydrogen-bond donors (Lipinski definition) is 1. The van der Waals surface area contributed by atoms with Crippen molar-refractivity contribution in [2.75, 3.05) is 6.54 Å². The van der Waals surface area contributed by atoms with Crippen LogP contribution in [0.15, 0.2) is 27.5 Å². The zero-order valence-corrected chi connectivity index (χ0v) is 13.0. The van der Waals surface area contributed by atoms with Gasteiger partial charge in [0, 0.05) is 35.0 Å². The normalized spacial score (nSPS) is 14.8. The quantitative estimate of drug-likeness (QED) is 0.877. The third-order valence-electron chi connectivity index (χ3n) is 2.62. The van der Waals surface area contributed by atoms with Crippen molar-refractivity contribution in [1.82, 2.24) is 10.3 Å². The number of aromatic nitrogens is 1. The van der Waals surface area contributed by atoms with Gasteiger partial charge in [-0.2, -0.15) is 0 Å². The molecule has 0 bridgehead atoms. The Morgan fingerprint density at radius 3 is 2.82 bits per heavy atom. The maximum atomic E-state index is 4.34. The Morgan fingerprint density at radius 2 is 2.24 bits per heavy atom. The molecule has 2 rings (SSSR count). The van der Waals surface area contributed by atoms with Crippen molar-refractivity contribution in [2.45, 2.75) is 25.8 Å². The molecule has 0 amide bonds. The topological polar surface area (TPSA) is 24.9 Å². The molecule has 0 aliphatic heterocycles. The number of rotatable bonds is 5. The van der Waals surface area contributed by atoms with Gasteiger partial charge in [0.25, 0.3) is 0 Å². The Kier molecular flexibility index (Phi) is 4.73. The lowest BCUT2D eigenvalue weighted by atomic mass is 10.2. The third kappa shape index (κ3) is 3.61. The molecule has 0 saturated heterocycles. The van der Waals surface area contributed by atoms with Gasteiger partial charge in [-0.05, 0) is 35.0 Å². The number of nitrogens with one attached hydrogen (secondary N) is 1. The summed E-state index contributed by atoms with van der Waals surface area (Å²) in [4.78, 5) is 5.71. The van der Waals surface area contributed by atoms with Gasteiger partial charge < -0.3 is 5.32 Å². The summed E-state index contributed by atoms with van der Waals surface area (Å²) in [6.45, 7) is 5.37. The van der Waals surface area contributed by atoms with Crippen LogP contribution >= 0.6 is 38.6 Å². The van der Waals surface area contributed by atoms with Gasteiger partial charge in [-0.1, -0.05) is 6.92 Å². The highest BCUT2D eigenvalue weighted by Gasteiger charge is 2.12. The molecule has 0 aliphatic carbocycles. The largest absolute Gasteiger partial charge is 0.309 e. The second-order valence-electron chi connectivity index (χ2n) is 4.04. The predicted molar refractivity (Wildman–Crippen MR) is 79.0 cm³/mol. The molecule has 0 aromatic carbocycles. The minimum absolute atomic E-state index is 0.397. The Bertz CT molecular complexity index is 453. The summed E-state index contributed by atoms with van der Waals surface area (Å²) < 4.78 is 1.19. The van der Waals surface area contributed by atoms with E-state index in [-0.39, 0.29) is 0 Å². The summed E-state index contributed by atoms with van der Waals surface area (Å²) >= 11 is 7.01. The molecule has 0 saturated carbocycles. The van der Waals surface area contributed by atoms with E-state index in [2.05, 4.69) is 52.2 Å². The highest BCUT2D eigenvalue weighted by atomic mass is 79.9. The number of nitrogens with zero attached hydrogens (tertiary/aromatic N) is 1. The van der Waals surface area contributed by atoms with E-state index in [1.54, 1.807) is 22.7 Å². The van der Waals surface area contributed by atoms with Crippen LogP contribution in [0.4, 0.5) is 0 Å². The molecule has 0 spiro atoms. The van der Waals surface area contributed by atoms with Gasteiger partial charge in [0.1, 0.15) is 0 Å². The maximum absolute atomic E-state index is 4.34. The molecule has 92 valence electrons. The molecule has 2 aromatic heterocycles. The molecular formula is C12H15BrN2S2. The summed E-state index contributed by atoms with van der Waals surface area (Å²) in [5.74, 6) is 0.473. The maximum Gasteiger partial charge on any atom is 0.0965 e. The molecular weight excluding hydrogens is 316 g/mol. The Morgan fingerprint density at radius 1 is 1.41 bits per heavy atom. The molecule has 17 heavy (non-hydrogen) atoms. The summed E-state index contributed by atoms with van der Waals surface area (Å²) in [6, 6.07) is 4.66. The van der Waals surface area contributed by atoms with Gasteiger partial charge in [0.05, 0.1) is 8.79 Å². The van der Waals surface area contributed by atoms with Crippen molar-refractivity contribution in [3.8, 4) is 0 Å². The van der Waals surface area contributed by atoms with Crippen LogP contribution in [0, 0.1) is 0 Å². The molecule has 0 fully saturated rings. The average molecular weight is 331 g/mol. The van der Waals surface area contributed by atoms with Crippen LogP contribution in [-0.2, 0) is 0 Å². The highest BCUT2D eigenvalue weighted by Crippen LogP contribution is 2.27. The van der Waals surface area contributed by atoms with Crippen LogP contribution in [0.5, 0.6) is 0 Å². The third-order valence-corrected chi connectivity index (χ3v) is 5.44. The van der Waals surface area contributed by atoms with Gasteiger partial charge in [-0.3, -0.25) is 0 Å². The molecule has 2 nitrogen and oxygen atoms in total. The van der Waals surface area contributed by atoms with Crippen molar-refractivity contribution in [1.29, 1.82) is 0 Å². The number of thiophene rings is 1. The summed E-state index contributed by atoms with van der Waals surface area (Å²) in [5, 5.41) is 6.80. The van der Waals surface area contributed by atoms with Crippen LogP contribution in [0.1, 0.15) is 35.7 Å². The SMILES string of the molecule is CC(CNC(C)c1ccc(Br)s1)c1nccs1. The zero-order valence-electron chi connectivity index (χ0n) is 9.81. The molecule has 2 unspecified atom stereocenters. The smallest absolute Gasteiger partial charge is 0.0965 e. The van der Waals surface area contributed by atoms with E-state index in [1.807, 2.05) is 11.6 Å². The van der Waals surface area contributed by atoms with Gasteiger partial charge in [0.2, 0.25) is 0 Å². The summed E-state index contributed by atoms with van der Waals surface area (Å²) in [5.41, 5.74) is 0. The van der Waals surface area contributed by atoms with Crippen LogP contribution in [0.25, 0.3) is 0 Å². The number of halogens is 1. The zero-order chi connectivity index (χ0) is 12.3. The molecule has 1 N–H and O–H groups in total. The fraction of sp³-hybridized carbons (Fsp3) is 0.417. The van der Waals surface area contributed by atoms with Crippen LogP contribution in [0.2, 0.25) is 0 Å². The van der Waals surface area contributed by atoms with Gasteiger partial charge in [-0.25, -0.2) is 4.98 Å². The van der Waals surface area contributed by atoms with Crippen molar-refractivity contribution in [2.24, 2.45) is 0 Å². The lowest BCUT2D eigenvalue weighted by molar-refractivity contribution is 0.542. The molecule has 0 aliphatic rings. The monoisotopic (exact) mass is 330 g/mol. The molecule has 2 aromatic rings. The highest BCUT2D eigenvalue weighted by molar-refractivity contribution is 9.11. The standard InChI is InChI=1S/C12H15BrN2S2/c1-8(12-14-5-6-16-12)7-15-9(2)10-3-4-11(13)17-10/h3-6,8-9,15H,7H2,1-2H3. The van der Waals surface area contributed by atoms with Crippen LogP contribution < -0.4 is 5.32 Å². The summed E-state index contributed by atoms with van der Waals surface area (Å²) in [6.07, 6.45) is 1.87. The second-order valence-corrected chi connectivity index (χ2v) is 7.46. The first-order valence-corrected chi connectivity index (χ1v) is 8.03. The molecule has 0 radical (unpaired) electrons. The molecule has 5 heteroatoms. The van der Waals surface area contributed by atoms with E-state index in [1.165, 1.54) is 13.7 Å². The van der Waals surface area contributed by atoms with E-state index in [4.69, 9.17) is 0 Å². The molecule has 2 heterocycles. The van der Waals surface area contributed by atoms with Crippen molar-refractivity contribution < 1.29 is 0 Å². The first-order chi connectivity index (χ1) is 8.16. The minimum Gasteiger partial charge on any atom is -0.309 e. The van der Waals surface area contributed by atoms with Gasteiger partial charge in [-0.15, -0.1) is 22.7 Å². The number of thiazole rings is 1. The first-order valence-electron chi connectivity index (χ1n) is 5.55. The van der Waals surface area contributed by atoms with E-state index in [0.717, 1.165) is 6.54 Å². The lowest BCUT2D eigenvalue weighted by Gasteiger charge is -2.15. The number of hydrogen-bond acceptors (Lipinski definition) is 4. The second kappa shape index (κ2) is 6.09. The van der Waals surface area contributed by atoms with E-state index in [9.17, 15) is 0 Å². The average Bonchev–Trinajstić information content (AvgIpc) is 2.95. The van der Waals surface area contributed by atoms with Crippen LogP contribution in [0.3, 0.4) is 0 Å². The van der Waals surface area contributed by atoms with Crippen molar-refractivity contribution >= 4 is 38.6 Å². The fourth-order valence-corrected chi connectivity index (χ4v) is 3.73. The molecule has 2 atom stereocenters. The lowest BCUT2D eigenvalue weighted by Crippen LogP contribution is -2.22. The Balaban J connectivity index is 1.86. The van der Waals surface area contributed by atoms with Crippen molar-refractivity contribution in [3.05, 3.63) is 37.4 Å². The van der Waals surface area contributed by atoms with Gasteiger partial charge in [0.15, 0.2) is 0 Å². The Labute approximate surface area is 118 Å². The van der Waals surface area contributed by atoms with E-state index < -0.39 is 0 Å². The van der Waals surface area contributed by atoms with Gasteiger partial charge >= 0.3 is 0 Å². The first kappa shape index (κ1) is 13.2. The minimum atomic E-state index is 0.397. The fourth-order valence-electron chi connectivity index (χ4n) is 1.58.